The van der Waals surface area contributed by atoms with Crippen molar-refractivity contribution in [3.05, 3.63) is 279 Å². The van der Waals surface area contributed by atoms with Crippen LogP contribution in [0.2, 0.25) is 0 Å². The second-order valence-electron chi connectivity index (χ2n) is 17.4. The van der Waals surface area contributed by atoms with Gasteiger partial charge in [0.2, 0.25) is 0 Å². The number of hydrogen-bond donors (Lipinski definition) is 0. The van der Waals surface area contributed by atoms with Gasteiger partial charge in [-0.15, -0.1) is 0 Å². The molecule has 12 rings (SSSR count). The molecule has 0 bridgehead atoms. The number of anilines is 6. The third-order valence-electron chi connectivity index (χ3n) is 13.5. The third kappa shape index (κ3) is 7.32. The van der Waals surface area contributed by atoms with E-state index in [1.807, 2.05) is 0 Å². The molecule has 316 valence electrons. The Hall–Kier alpha value is -8.50. The van der Waals surface area contributed by atoms with Crippen molar-refractivity contribution in [2.75, 3.05) is 9.80 Å². The summed E-state index contributed by atoms with van der Waals surface area (Å²) >= 11 is 0. The molecule has 0 radical (unpaired) electrons. The highest BCUT2D eigenvalue weighted by Gasteiger charge is 2.41. The minimum Gasteiger partial charge on any atom is -0.310 e. The summed E-state index contributed by atoms with van der Waals surface area (Å²) in [5.41, 5.74) is 6.69. The topological polar surface area (TPSA) is 6.48 Å². The maximum absolute atomic E-state index is 2.91. The van der Waals surface area contributed by atoms with Crippen molar-refractivity contribution in [2.45, 2.75) is 0 Å². The Morgan fingerprint density at radius 3 is 0.687 bits per heavy atom. The molecule has 0 unspecified atom stereocenters. The molecule has 0 fully saturated rings. The van der Waals surface area contributed by atoms with Gasteiger partial charge >= 0.3 is 0 Å². The van der Waals surface area contributed by atoms with Gasteiger partial charge in [-0.05, 0) is 137 Å². The normalized spacial score (nSPS) is 11.6. The van der Waals surface area contributed by atoms with Crippen molar-refractivity contribution in [1.82, 2.24) is 0 Å². The van der Waals surface area contributed by atoms with Crippen LogP contribution in [0.1, 0.15) is 0 Å². The standard InChI is InChI=1S/C64H46N2Si/c1-3-23-61(24-4-1)67(62-25-5-2-6-26-62,63-39-35-55(36-40-63)65(57-31-27-47-15-7-11-19-51(47)43-57)58-32-28-48-16-8-12-20-52(48)44-58)64-41-37-56(38-42-64)66(59-33-29-49-17-9-13-21-53(49)45-59)60-34-30-50-18-10-14-22-54(50)46-60/h1-46H. The summed E-state index contributed by atoms with van der Waals surface area (Å²) in [7, 11) is -2.91. The van der Waals surface area contributed by atoms with Crippen LogP contribution in [0.3, 0.4) is 0 Å². The van der Waals surface area contributed by atoms with Crippen LogP contribution in [-0.4, -0.2) is 8.07 Å². The van der Waals surface area contributed by atoms with Gasteiger partial charge in [0.25, 0.3) is 0 Å². The molecule has 3 heteroatoms. The molecule has 0 aromatic heterocycles. The fourth-order valence-corrected chi connectivity index (χ4v) is 15.0. The number of hydrogen-bond acceptors (Lipinski definition) is 2. The first-order valence-corrected chi connectivity index (χ1v) is 25.1. The predicted octanol–water partition coefficient (Wildman–Crippen LogP) is 14.6. The maximum Gasteiger partial charge on any atom is 0.179 e. The lowest BCUT2D eigenvalue weighted by atomic mass is 10.1. The highest BCUT2D eigenvalue weighted by molar-refractivity contribution is 7.19. The van der Waals surface area contributed by atoms with Gasteiger partial charge < -0.3 is 9.80 Å². The van der Waals surface area contributed by atoms with Crippen LogP contribution in [-0.2, 0) is 0 Å². The molecule has 0 atom stereocenters. The van der Waals surface area contributed by atoms with Crippen LogP contribution in [0.25, 0.3) is 43.1 Å². The summed E-state index contributed by atoms with van der Waals surface area (Å²) in [6.07, 6.45) is 0. The lowest BCUT2D eigenvalue weighted by molar-refractivity contribution is 1.29. The number of fused-ring (bicyclic) bond motifs is 4. The van der Waals surface area contributed by atoms with Crippen molar-refractivity contribution < 1.29 is 0 Å². The van der Waals surface area contributed by atoms with Gasteiger partial charge in [0, 0.05) is 34.1 Å². The maximum atomic E-state index is 2.40. The molecule has 0 amide bonds. The van der Waals surface area contributed by atoms with Crippen LogP contribution >= 0.6 is 0 Å². The van der Waals surface area contributed by atoms with E-state index >= 15 is 0 Å². The van der Waals surface area contributed by atoms with E-state index in [0.29, 0.717) is 0 Å². The third-order valence-corrected chi connectivity index (χ3v) is 18.3. The summed E-state index contributed by atoms with van der Waals surface area (Å²) in [5.74, 6) is 0. The largest absolute Gasteiger partial charge is 0.310 e. The van der Waals surface area contributed by atoms with Crippen LogP contribution in [0.15, 0.2) is 279 Å². The molecule has 0 heterocycles. The summed E-state index contributed by atoms with van der Waals surface area (Å²) in [6, 6.07) is 103. The zero-order valence-electron chi connectivity index (χ0n) is 37.0. The summed E-state index contributed by atoms with van der Waals surface area (Å²) in [5, 5.41) is 15.1. The van der Waals surface area contributed by atoms with Crippen molar-refractivity contribution in [3.63, 3.8) is 0 Å². The molecular weight excluding hydrogens is 825 g/mol. The smallest absolute Gasteiger partial charge is 0.179 e. The zero-order valence-corrected chi connectivity index (χ0v) is 38.0. The van der Waals surface area contributed by atoms with Gasteiger partial charge in [0.1, 0.15) is 0 Å². The minimum absolute atomic E-state index is 1.11. The molecule has 0 aliphatic heterocycles. The minimum atomic E-state index is -2.91. The molecule has 0 spiro atoms. The van der Waals surface area contributed by atoms with E-state index in [-0.39, 0.29) is 0 Å². The molecule has 67 heavy (non-hydrogen) atoms. The highest BCUT2D eigenvalue weighted by Crippen LogP contribution is 2.39. The Morgan fingerprint density at radius 2 is 0.403 bits per heavy atom. The average molecular weight is 871 g/mol. The zero-order chi connectivity index (χ0) is 44.6. The summed E-state index contributed by atoms with van der Waals surface area (Å²) in [6.45, 7) is 0. The lowest BCUT2D eigenvalue weighted by Crippen LogP contribution is -2.74. The highest BCUT2D eigenvalue weighted by atomic mass is 28.3. The Labute approximate surface area is 392 Å². The number of nitrogens with zero attached hydrogens (tertiary/aromatic N) is 2. The first kappa shape index (κ1) is 40.0. The SMILES string of the molecule is c1ccc([Si](c2ccccc2)(c2ccc(N(c3ccc4ccccc4c3)c3ccc4ccccc4c3)cc2)c2ccc(N(c3ccc4ccccc4c3)c3ccc4ccccc4c3)cc2)cc1. The lowest BCUT2D eigenvalue weighted by Gasteiger charge is -2.35. The second kappa shape index (κ2) is 17.1. The van der Waals surface area contributed by atoms with Crippen LogP contribution in [0.5, 0.6) is 0 Å². The van der Waals surface area contributed by atoms with E-state index in [2.05, 4.69) is 289 Å². The average Bonchev–Trinajstić information content (AvgIpc) is 3.40. The van der Waals surface area contributed by atoms with Crippen molar-refractivity contribution >= 4 is 106 Å². The number of benzene rings is 12. The number of rotatable bonds is 10. The molecule has 0 saturated carbocycles. The molecule has 0 N–H and O–H groups in total. The van der Waals surface area contributed by atoms with Crippen LogP contribution in [0, 0.1) is 0 Å². The van der Waals surface area contributed by atoms with Crippen LogP contribution < -0.4 is 30.5 Å². The van der Waals surface area contributed by atoms with Crippen molar-refractivity contribution in [3.8, 4) is 0 Å². The molecule has 12 aromatic carbocycles. The Kier molecular flexibility index (Phi) is 10.2. The first-order valence-electron chi connectivity index (χ1n) is 23.1. The van der Waals surface area contributed by atoms with Gasteiger partial charge in [-0.25, -0.2) is 0 Å². The van der Waals surface area contributed by atoms with E-state index < -0.39 is 8.07 Å². The fourth-order valence-electron chi connectivity index (χ4n) is 10.3. The Bertz CT molecular complexity index is 3290. The molecule has 2 nitrogen and oxygen atoms in total. The van der Waals surface area contributed by atoms with Gasteiger partial charge in [-0.3, -0.25) is 0 Å². The molecule has 12 aromatic rings. The molecule has 0 saturated heterocycles. The van der Waals surface area contributed by atoms with Crippen molar-refractivity contribution in [1.29, 1.82) is 0 Å². The van der Waals surface area contributed by atoms with E-state index in [4.69, 9.17) is 0 Å². The predicted molar refractivity (Wildman–Crippen MR) is 289 cm³/mol. The molecule has 0 aliphatic carbocycles. The second-order valence-corrected chi connectivity index (χ2v) is 21.2. The first-order chi connectivity index (χ1) is 33.2. The Balaban J connectivity index is 1.02. The van der Waals surface area contributed by atoms with E-state index in [9.17, 15) is 0 Å². The van der Waals surface area contributed by atoms with E-state index in [1.165, 1.54) is 63.8 Å². The van der Waals surface area contributed by atoms with Gasteiger partial charge in [-0.2, -0.15) is 0 Å². The van der Waals surface area contributed by atoms with E-state index in [0.717, 1.165) is 34.1 Å². The molecular formula is C64H46N2Si. The van der Waals surface area contributed by atoms with Crippen LogP contribution in [0.4, 0.5) is 34.1 Å². The van der Waals surface area contributed by atoms with Gasteiger partial charge in [-0.1, -0.05) is 206 Å². The Morgan fingerprint density at radius 1 is 0.179 bits per heavy atom. The quantitative estimate of drug-likeness (QED) is 0.0998. The molecule has 0 aliphatic rings. The monoisotopic (exact) mass is 870 g/mol. The van der Waals surface area contributed by atoms with Crippen molar-refractivity contribution in [2.24, 2.45) is 0 Å². The summed E-state index contributed by atoms with van der Waals surface area (Å²) in [4.78, 5) is 4.81. The fraction of sp³-hybridized carbons (Fsp3) is 0. The van der Waals surface area contributed by atoms with E-state index in [1.54, 1.807) is 0 Å². The van der Waals surface area contributed by atoms with Gasteiger partial charge in [0.05, 0.1) is 0 Å². The van der Waals surface area contributed by atoms with Gasteiger partial charge in [0.15, 0.2) is 8.07 Å². The summed E-state index contributed by atoms with van der Waals surface area (Å²) < 4.78 is 0.